The summed E-state index contributed by atoms with van der Waals surface area (Å²) in [6.07, 6.45) is 5.81. The summed E-state index contributed by atoms with van der Waals surface area (Å²) in [7, 11) is 0. The minimum atomic E-state index is -0.661. The maximum atomic E-state index is 11.8. The summed E-state index contributed by atoms with van der Waals surface area (Å²) < 4.78 is 0. The molecule has 17 heavy (non-hydrogen) atoms. The highest BCUT2D eigenvalue weighted by atomic mass is 16.2. The highest BCUT2D eigenvalue weighted by Crippen LogP contribution is 2.04. The Balaban J connectivity index is 2.57. The van der Waals surface area contributed by atoms with Gasteiger partial charge >= 0.3 is 0 Å². The van der Waals surface area contributed by atoms with Gasteiger partial charge in [-0.1, -0.05) is 36.3 Å². The third-order valence-corrected chi connectivity index (χ3v) is 2.43. The second-order valence-corrected chi connectivity index (χ2v) is 4.55. The van der Waals surface area contributed by atoms with Crippen molar-refractivity contribution < 1.29 is 4.79 Å². The molecule has 3 heteroatoms. The van der Waals surface area contributed by atoms with Gasteiger partial charge in [-0.3, -0.25) is 4.79 Å². The van der Waals surface area contributed by atoms with Crippen LogP contribution < -0.4 is 11.1 Å². The maximum Gasteiger partial charge on any atom is 0.238 e. The number of terminal acetylenes is 1. The van der Waals surface area contributed by atoms with Gasteiger partial charge in [-0.15, -0.1) is 6.42 Å². The van der Waals surface area contributed by atoms with Crippen LogP contribution in [0.15, 0.2) is 30.3 Å². The van der Waals surface area contributed by atoms with Crippen molar-refractivity contribution in [2.75, 3.05) is 0 Å². The van der Waals surface area contributed by atoms with E-state index in [2.05, 4.69) is 11.2 Å². The molecular weight excluding hydrogens is 212 g/mol. The molecule has 0 aliphatic heterocycles. The van der Waals surface area contributed by atoms with Crippen LogP contribution in [0.1, 0.15) is 19.4 Å². The second-order valence-electron chi connectivity index (χ2n) is 4.55. The molecule has 0 radical (unpaired) electrons. The number of hydrogen-bond acceptors (Lipinski definition) is 2. The average molecular weight is 230 g/mol. The zero-order valence-corrected chi connectivity index (χ0v) is 10.2. The molecule has 1 atom stereocenters. The van der Waals surface area contributed by atoms with Gasteiger partial charge in [0.25, 0.3) is 0 Å². The van der Waals surface area contributed by atoms with Gasteiger partial charge in [0.2, 0.25) is 5.91 Å². The first kappa shape index (κ1) is 13.3. The van der Waals surface area contributed by atoms with Gasteiger partial charge < -0.3 is 11.1 Å². The lowest BCUT2D eigenvalue weighted by Crippen LogP contribution is -2.50. The third kappa shape index (κ3) is 4.29. The Morgan fingerprint density at radius 1 is 1.47 bits per heavy atom. The van der Waals surface area contributed by atoms with Crippen LogP contribution in [-0.2, 0) is 11.2 Å². The molecular formula is C14H18N2O. The molecule has 0 unspecified atom stereocenters. The van der Waals surface area contributed by atoms with Crippen molar-refractivity contribution in [1.29, 1.82) is 0 Å². The molecule has 3 nitrogen and oxygen atoms in total. The van der Waals surface area contributed by atoms with E-state index in [0.717, 1.165) is 5.56 Å². The molecule has 0 saturated carbocycles. The predicted octanol–water partition coefficient (Wildman–Crippen LogP) is 1.08. The molecule has 0 spiro atoms. The van der Waals surface area contributed by atoms with Crippen molar-refractivity contribution in [2.45, 2.75) is 31.8 Å². The van der Waals surface area contributed by atoms with Crippen LogP contribution in [0, 0.1) is 12.3 Å². The molecule has 1 aromatic rings. The first-order valence-corrected chi connectivity index (χ1v) is 5.54. The van der Waals surface area contributed by atoms with Gasteiger partial charge in [0.05, 0.1) is 11.6 Å². The molecule has 1 rings (SSSR count). The van der Waals surface area contributed by atoms with Crippen LogP contribution in [0.4, 0.5) is 0 Å². The van der Waals surface area contributed by atoms with Gasteiger partial charge in [-0.25, -0.2) is 0 Å². The molecule has 0 aromatic heterocycles. The van der Waals surface area contributed by atoms with E-state index in [4.69, 9.17) is 12.2 Å². The number of carbonyl (C=O) groups excluding carboxylic acids is 1. The molecule has 0 fully saturated rings. The molecule has 1 amide bonds. The van der Waals surface area contributed by atoms with Crippen LogP contribution in [0.3, 0.4) is 0 Å². The Morgan fingerprint density at radius 3 is 2.59 bits per heavy atom. The van der Waals surface area contributed by atoms with E-state index in [9.17, 15) is 4.79 Å². The van der Waals surface area contributed by atoms with Crippen LogP contribution in [0.2, 0.25) is 0 Å². The summed E-state index contributed by atoms with van der Waals surface area (Å²) >= 11 is 0. The van der Waals surface area contributed by atoms with Gasteiger partial charge in [-0.2, -0.15) is 0 Å². The molecule has 0 saturated heterocycles. The molecule has 0 aliphatic rings. The van der Waals surface area contributed by atoms with E-state index in [1.807, 2.05) is 30.3 Å². The van der Waals surface area contributed by atoms with Crippen molar-refractivity contribution >= 4 is 5.91 Å². The number of rotatable bonds is 4. The minimum absolute atomic E-state index is 0.225. The zero-order chi connectivity index (χ0) is 12.9. The molecule has 0 bridgehead atoms. The van der Waals surface area contributed by atoms with Crippen LogP contribution >= 0.6 is 0 Å². The number of nitrogens with two attached hydrogens (primary N) is 1. The van der Waals surface area contributed by atoms with Crippen LogP contribution in [0.5, 0.6) is 0 Å². The van der Waals surface area contributed by atoms with Crippen LogP contribution in [0.25, 0.3) is 0 Å². The lowest BCUT2D eigenvalue weighted by Gasteiger charge is -2.22. The van der Waals surface area contributed by atoms with Crippen molar-refractivity contribution in [3.05, 3.63) is 35.9 Å². The molecule has 90 valence electrons. The quantitative estimate of drug-likeness (QED) is 0.761. The molecule has 1 aromatic carbocycles. The van der Waals surface area contributed by atoms with Gasteiger partial charge in [0, 0.05) is 0 Å². The minimum Gasteiger partial charge on any atom is -0.339 e. The summed E-state index contributed by atoms with van der Waals surface area (Å²) in [5, 5.41) is 2.73. The Morgan fingerprint density at radius 2 is 2.06 bits per heavy atom. The van der Waals surface area contributed by atoms with E-state index in [1.54, 1.807) is 13.8 Å². The molecule has 0 heterocycles. The lowest BCUT2D eigenvalue weighted by molar-refractivity contribution is -0.123. The van der Waals surface area contributed by atoms with E-state index in [0.29, 0.717) is 6.42 Å². The lowest BCUT2D eigenvalue weighted by atomic mass is 10.0. The first-order valence-electron chi connectivity index (χ1n) is 5.54. The number of carbonyl (C=O) groups is 1. The Labute approximate surface area is 102 Å². The second kappa shape index (κ2) is 5.51. The standard InChI is InChI=1S/C14H18N2O/c1-4-14(2,3)16-13(17)12(15)10-11-8-6-5-7-9-11/h1,5-9,12H,10,15H2,2-3H3,(H,16,17)/t12-/m0/s1. The highest BCUT2D eigenvalue weighted by molar-refractivity contribution is 5.82. The Bertz CT molecular complexity index is 418. The monoisotopic (exact) mass is 230 g/mol. The van der Waals surface area contributed by atoms with Crippen molar-refractivity contribution in [1.82, 2.24) is 5.32 Å². The van der Waals surface area contributed by atoms with Gasteiger partial charge in [0.15, 0.2) is 0 Å². The van der Waals surface area contributed by atoms with Crippen molar-refractivity contribution in [2.24, 2.45) is 5.73 Å². The zero-order valence-electron chi connectivity index (χ0n) is 10.2. The van der Waals surface area contributed by atoms with Crippen molar-refractivity contribution in [3.8, 4) is 12.3 Å². The summed E-state index contributed by atoms with van der Waals surface area (Å²) in [5.41, 5.74) is 6.20. The van der Waals surface area contributed by atoms with Gasteiger partial charge in [-0.05, 0) is 25.8 Å². The maximum absolute atomic E-state index is 11.8. The fourth-order valence-electron chi connectivity index (χ4n) is 1.40. The number of benzene rings is 1. The predicted molar refractivity (Wildman–Crippen MR) is 69.2 cm³/mol. The number of nitrogens with one attached hydrogen (secondary N) is 1. The fourth-order valence-corrected chi connectivity index (χ4v) is 1.40. The summed E-state index contributed by atoms with van der Waals surface area (Å²) in [6.45, 7) is 3.53. The first-order chi connectivity index (χ1) is 7.94. The number of hydrogen-bond donors (Lipinski definition) is 2. The Hall–Kier alpha value is -1.79. The summed E-state index contributed by atoms with van der Waals surface area (Å²) in [6, 6.07) is 9.08. The van der Waals surface area contributed by atoms with Gasteiger partial charge in [0.1, 0.15) is 0 Å². The number of amides is 1. The topological polar surface area (TPSA) is 55.1 Å². The summed E-state index contributed by atoms with van der Waals surface area (Å²) in [5.74, 6) is 2.28. The average Bonchev–Trinajstić information content (AvgIpc) is 2.30. The van der Waals surface area contributed by atoms with E-state index in [1.165, 1.54) is 0 Å². The van der Waals surface area contributed by atoms with E-state index < -0.39 is 11.6 Å². The fraction of sp³-hybridized carbons (Fsp3) is 0.357. The smallest absolute Gasteiger partial charge is 0.238 e. The SMILES string of the molecule is C#CC(C)(C)NC(=O)[C@@H](N)Cc1ccccc1. The van der Waals surface area contributed by atoms with E-state index in [-0.39, 0.29) is 5.91 Å². The molecule has 3 N–H and O–H groups in total. The third-order valence-electron chi connectivity index (χ3n) is 2.43. The Kier molecular flexibility index (Phi) is 4.30. The normalized spacial score (nSPS) is 12.6. The summed E-state index contributed by atoms with van der Waals surface area (Å²) in [4.78, 5) is 11.8. The van der Waals surface area contributed by atoms with Crippen LogP contribution in [-0.4, -0.2) is 17.5 Å². The largest absolute Gasteiger partial charge is 0.339 e. The van der Waals surface area contributed by atoms with Crippen molar-refractivity contribution in [3.63, 3.8) is 0 Å². The molecule has 0 aliphatic carbocycles. The highest BCUT2D eigenvalue weighted by Gasteiger charge is 2.21. The van der Waals surface area contributed by atoms with E-state index >= 15 is 0 Å².